The van der Waals surface area contributed by atoms with Gasteiger partial charge in [-0.25, -0.2) is 21.6 Å². The van der Waals surface area contributed by atoms with Gasteiger partial charge in [-0.1, -0.05) is 45.0 Å². The van der Waals surface area contributed by atoms with Gasteiger partial charge in [-0.15, -0.1) is 0 Å². The van der Waals surface area contributed by atoms with E-state index < -0.39 is 31.2 Å². The standard InChI is InChI=1S/C18H29NO4S2/c1-13(2)25(22,23)19-17-10-11-24(20,21)12-16(17)14-6-8-15(9-7-14)18(3,4)5/h6-9,13,16-17,19H,10-12H2,1-5H3. The number of sulfonamides is 1. The Balaban J connectivity index is 2.34. The van der Waals surface area contributed by atoms with Crippen LogP contribution in [0.2, 0.25) is 0 Å². The summed E-state index contributed by atoms with van der Waals surface area (Å²) in [6.45, 7) is 9.59. The Morgan fingerprint density at radius 2 is 1.68 bits per heavy atom. The fourth-order valence-corrected chi connectivity index (χ4v) is 5.76. The predicted molar refractivity (Wildman–Crippen MR) is 102 cm³/mol. The van der Waals surface area contributed by atoms with Gasteiger partial charge in [-0.3, -0.25) is 0 Å². The van der Waals surface area contributed by atoms with E-state index in [9.17, 15) is 16.8 Å². The first-order valence-electron chi connectivity index (χ1n) is 8.64. The molecule has 0 bridgehead atoms. The first kappa shape index (κ1) is 20.4. The van der Waals surface area contributed by atoms with E-state index in [0.29, 0.717) is 6.42 Å². The molecule has 0 radical (unpaired) electrons. The molecule has 142 valence electrons. The Bertz CT molecular complexity index is 804. The molecule has 1 heterocycles. The summed E-state index contributed by atoms with van der Waals surface area (Å²) in [6, 6.07) is 7.48. The molecule has 1 aromatic carbocycles. The maximum atomic E-state index is 12.3. The number of nitrogens with one attached hydrogen (secondary N) is 1. The second kappa shape index (κ2) is 7.00. The van der Waals surface area contributed by atoms with E-state index in [1.54, 1.807) is 13.8 Å². The van der Waals surface area contributed by atoms with Gasteiger partial charge in [0.1, 0.15) is 0 Å². The van der Waals surface area contributed by atoms with Crippen LogP contribution in [0.5, 0.6) is 0 Å². The zero-order chi connectivity index (χ0) is 19.0. The summed E-state index contributed by atoms with van der Waals surface area (Å²) in [7, 11) is -6.61. The second-order valence-electron chi connectivity index (χ2n) is 8.20. The average molecular weight is 388 g/mol. The molecule has 7 heteroatoms. The van der Waals surface area contributed by atoms with E-state index >= 15 is 0 Å². The SMILES string of the molecule is CC(C)S(=O)(=O)NC1CCS(=O)(=O)CC1c1ccc(C(C)(C)C)cc1. The molecule has 0 amide bonds. The fourth-order valence-electron chi connectivity index (χ4n) is 3.03. The largest absolute Gasteiger partial charge is 0.229 e. The molecule has 1 saturated heterocycles. The zero-order valence-electron chi connectivity index (χ0n) is 15.6. The van der Waals surface area contributed by atoms with Gasteiger partial charge in [0.25, 0.3) is 0 Å². The van der Waals surface area contributed by atoms with Crippen molar-refractivity contribution in [1.29, 1.82) is 0 Å². The highest BCUT2D eigenvalue weighted by atomic mass is 32.2. The smallest absolute Gasteiger partial charge is 0.214 e. The summed E-state index contributed by atoms with van der Waals surface area (Å²) in [5, 5.41) is -0.546. The average Bonchev–Trinajstić information content (AvgIpc) is 2.48. The molecule has 1 fully saturated rings. The van der Waals surface area contributed by atoms with Crippen LogP contribution < -0.4 is 4.72 Å². The van der Waals surface area contributed by atoms with E-state index in [4.69, 9.17) is 0 Å². The first-order valence-corrected chi connectivity index (χ1v) is 12.0. The Labute approximate surface area is 152 Å². The van der Waals surface area contributed by atoms with Gasteiger partial charge < -0.3 is 0 Å². The number of rotatable bonds is 4. The summed E-state index contributed by atoms with van der Waals surface area (Å²) in [6.07, 6.45) is 0.306. The number of hydrogen-bond acceptors (Lipinski definition) is 4. The number of sulfone groups is 1. The maximum Gasteiger partial charge on any atom is 0.214 e. The van der Waals surface area contributed by atoms with Gasteiger partial charge in [0.05, 0.1) is 16.8 Å². The molecule has 2 atom stereocenters. The van der Waals surface area contributed by atoms with Crippen molar-refractivity contribution >= 4 is 19.9 Å². The number of benzene rings is 1. The summed E-state index contributed by atoms with van der Waals surface area (Å²) < 4.78 is 51.5. The number of hydrogen-bond donors (Lipinski definition) is 1. The summed E-state index contributed by atoms with van der Waals surface area (Å²) in [5.41, 5.74) is 2.04. The van der Waals surface area contributed by atoms with Gasteiger partial charge in [0, 0.05) is 12.0 Å². The second-order valence-corrected chi connectivity index (χ2v) is 12.7. The Hall–Kier alpha value is -0.920. The molecular weight excluding hydrogens is 358 g/mol. The predicted octanol–water partition coefficient (Wildman–Crippen LogP) is 2.58. The van der Waals surface area contributed by atoms with Crippen LogP contribution in [0.4, 0.5) is 0 Å². The van der Waals surface area contributed by atoms with Crippen LogP contribution in [-0.2, 0) is 25.3 Å². The highest BCUT2D eigenvalue weighted by Crippen LogP contribution is 2.31. The lowest BCUT2D eigenvalue weighted by Gasteiger charge is -2.33. The van der Waals surface area contributed by atoms with Crippen LogP contribution in [0.1, 0.15) is 58.1 Å². The lowest BCUT2D eigenvalue weighted by Crippen LogP contribution is -2.48. The fraction of sp³-hybridized carbons (Fsp3) is 0.667. The van der Waals surface area contributed by atoms with E-state index in [1.807, 2.05) is 24.3 Å². The molecule has 2 unspecified atom stereocenters. The van der Waals surface area contributed by atoms with Crippen LogP contribution in [0, 0.1) is 0 Å². The van der Waals surface area contributed by atoms with Gasteiger partial charge in [0.2, 0.25) is 10.0 Å². The van der Waals surface area contributed by atoms with Crippen LogP contribution in [0.15, 0.2) is 24.3 Å². The quantitative estimate of drug-likeness (QED) is 0.861. The first-order chi connectivity index (χ1) is 11.3. The minimum absolute atomic E-state index is 0.00973. The molecular formula is C18H29NO4S2. The van der Waals surface area contributed by atoms with Crippen molar-refractivity contribution in [3.63, 3.8) is 0 Å². The van der Waals surface area contributed by atoms with Crippen molar-refractivity contribution in [2.24, 2.45) is 0 Å². The zero-order valence-corrected chi connectivity index (χ0v) is 17.2. The van der Waals surface area contributed by atoms with Crippen molar-refractivity contribution in [2.75, 3.05) is 11.5 Å². The van der Waals surface area contributed by atoms with Gasteiger partial charge >= 0.3 is 0 Å². The molecule has 0 saturated carbocycles. The normalized spacial score (nSPS) is 24.4. The van der Waals surface area contributed by atoms with E-state index in [1.165, 1.54) is 0 Å². The van der Waals surface area contributed by atoms with Crippen LogP contribution in [0.3, 0.4) is 0 Å². The topological polar surface area (TPSA) is 80.3 Å². The van der Waals surface area contributed by atoms with Gasteiger partial charge in [-0.2, -0.15) is 0 Å². The minimum atomic E-state index is -3.45. The Kier molecular flexibility index (Phi) is 5.71. The highest BCUT2D eigenvalue weighted by Gasteiger charge is 2.37. The Morgan fingerprint density at radius 3 is 2.16 bits per heavy atom. The third-order valence-electron chi connectivity index (χ3n) is 4.80. The summed E-state index contributed by atoms with van der Waals surface area (Å²) >= 11 is 0. The molecule has 25 heavy (non-hydrogen) atoms. The van der Waals surface area contributed by atoms with Gasteiger partial charge in [-0.05, 0) is 36.8 Å². The third-order valence-corrected chi connectivity index (χ3v) is 8.40. The molecule has 1 N–H and O–H groups in total. The monoisotopic (exact) mass is 387 g/mol. The summed E-state index contributed by atoms with van der Waals surface area (Å²) in [5.74, 6) is -0.358. The molecule has 0 spiro atoms. The lowest BCUT2D eigenvalue weighted by atomic mass is 9.84. The Morgan fingerprint density at radius 1 is 1.12 bits per heavy atom. The molecule has 1 aliphatic rings. The van der Waals surface area contributed by atoms with Crippen molar-refractivity contribution in [3.8, 4) is 0 Å². The molecule has 5 nitrogen and oxygen atoms in total. The highest BCUT2D eigenvalue weighted by molar-refractivity contribution is 7.91. The van der Waals surface area contributed by atoms with E-state index in [2.05, 4.69) is 25.5 Å². The maximum absolute atomic E-state index is 12.3. The van der Waals surface area contributed by atoms with E-state index in [0.717, 1.165) is 11.1 Å². The van der Waals surface area contributed by atoms with Gasteiger partial charge in [0.15, 0.2) is 9.84 Å². The van der Waals surface area contributed by atoms with Crippen LogP contribution in [0.25, 0.3) is 0 Å². The van der Waals surface area contributed by atoms with Crippen LogP contribution >= 0.6 is 0 Å². The van der Waals surface area contributed by atoms with Crippen LogP contribution in [-0.4, -0.2) is 39.6 Å². The van der Waals surface area contributed by atoms with Crippen molar-refractivity contribution in [3.05, 3.63) is 35.4 Å². The molecule has 0 aliphatic carbocycles. The molecule has 0 aromatic heterocycles. The van der Waals surface area contributed by atoms with E-state index in [-0.39, 0.29) is 22.8 Å². The lowest BCUT2D eigenvalue weighted by molar-refractivity contribution is 0.462. The van der Waals surface area contributed by atoms with Crippen molar-refractivity contribution in [1.82, 2.24) is 4.72 Å². The minimum Gasteiger partial charge on any atom is -0.229 e. The third kappa shape index (κ3) is 5.05. The molecule has 1 aliphatic heterocycles. The molecule has 1 aromatic rings. The molecule has 2 rings (SSSR count). The van der Waals surface area contributed by atoms with Crippen molar-refractivity contribution < 1.29 is 16.8 Å². The summed E-state index contributed by atoms with van der Waals surface area (Å²) in [4.78, 5) is 0. The van der Waals surface area contributed by atoms with Crippen molar-refractivity contribution in [2.45, 2.75) is 63.7 Å².